The molecule has 0 aliphatic heterocycles. The van der Waals surface area contributed by atoms with Crippen LogP contribution < -0.4 is 10.1 Å². The van der Waals surface area contributed by atoms with E-state index in [9.17, 15) is 22.8 Å². The Kier molecular flexibility index (Phi) is 7.38. The summed E-state index contributed by atoms with van der Waals surface area (Å²) in [4.78, 5) is 30.0. The van der Waals surface area contributed by atoms with Gasteiger partial charge < -0.3 is 15.0 Å². The van der Waals surface area contributed by atoms with E-state index in [0.717, 1.165) is 5.56 Å². The number of hydrogen-bond acceptors (Lipinski definition) is 4. The van der Waals surface area contributed by atoms with Crippen LogP contribution >= 0.6 is 0 Å². The summed E-state index contributed by atoms with van der Waals surface area (Å²) in [7, 11) is 0. The summed E-state index contributed by atoms with van der Waals surface area (Å²) < 4.78 is 44.8. The molecule has 9 heteroatoms. The molecule has 0 saturated carbocycles. The maximum atomic E-state index is 13.1. The second kappa shape index (κ2) is 10.6. The zero-order valence-electron chi connectivity index (χ0n) is 19.4. The van der Waals surface area contributed by atoms with E-state index in [-0.39, 0.29) is 29.1 Å². The zero-order chi connectivity index (χ0) is 25.7. The Morgan fingerprint density at radius 2 is 1.72 bits per heavy atom. The number of Topliss-reactive ketones (excluding diaryl/α,β-unsaturated/α-hetero) is 1. The van der Waals surface area contributed by atoms with Gasteiger partial charge in [0.1, 0.15) is 5.75 Å². The minimum Gasteiger partial charge on any atom is -0.494 e. The first-order chi connectivity index (χ1) is 17.2. The van der Waals surface area contributed by atoms with Gasteiger partial charge in [0.2, 0.25) is 11.7 Å². The highest BCUT2D eigenvalue weighted by Crippen LogP contribution is 2.30. The molecule has 36 heavy (non-hydrogen) atoms. The lowest BCUT2D eigenvalue weighted by Gasteiger charge is -2.20. The third kappa shape index (κ3) is 6.10. The molecular weight excluding hydrogens is 471 g/mol. The fourth-order valence-electron chi connectivity index (χ4n) is 3.79. The first kappa shape index (κ1) is 25.0. The summed E-state index contributed by atoms with van der Waals surface area (Å²) in [5.41, 5.74) is 2.44. The maximum absolute atomic E-state index is 13.1. The molecule has 1 atom stereocenters. The molecular formula is C27H24F3N3O3. The van der Waals surface area contributed by atoms with Crippen molar-refractivity contribution >= 4 is 22.7 Å². The van der Waals surface area contributed by atoms with Crippen molar-refractivity contribution < 1.29 is 27.5 Å². The third-order valence-corrected chi connectivity index (χ3v) is 5.62. The minimum atomic E-state index is -4.58. The van der Waals surface area contributed by atoms with Crippen LogP contribution in [0.4, 0.5) is 13.2 Å². The van der Waals surface area contributed by atoms with Crippen molar-refractivity contribution in [1.82, 2.24) is 15.3 Å². The number of carbonyl (C=O) groups is 2. The number of carbonyl (C=O) groups excluding carboxylic acids is 2. The first-order valence-electron chi connectivity index (χ1n) is 11.4. The highest BCUT2D eigenvalue weighted by molar-refractivity contribution is 5.94. The number of halogens is 3. The molecule has 0 spiro atoms. The Bertz CT molecular complexity index is 1350. The molecule has 1 unspecified atom stereocenters. The molecule has 0 saturated heterocycles. The Balaban J connectivity index is 1.42. The summed E-state index contributed by atoms with van der Waals surface area (Å²) in [6, 6.07) is 20.2. The topological polar surface area (TPSA) is 84.1 Å². The summed E-state index contributed by atoms with van der Waals surface area (Å²) in [6.07, 6.45) is -3.93. The average Bonchev–Trinajstić information content (AvgIpc) is 3.30. The van der Waals surface area contributed by atoms with Crippen LogP contribution in [0.2, 0.25) is 0 Å². The maximum Gasteiger partial charge on any atom is 0.449 e. The molecule has 186 valence electrons. The molecule has 1 amide bonds. The average molecular weight is 496 g/mol. The third-order valence-electron chi connectivity index (χ3n) is 5.62. The van der Waals surface area contributed by atoms with Gasteiger partial charge >= 0.3 is 6.18 Å². The fourth-order valence-corrected chi connectivity index (χ4v) is 3.79. The molecule has 0 aliphatic rings. The van der Waals surface area contributed by atoms with Crippen LogP contribution in [0.1, 0.15) is 53.1 Å². The van der Waals surface area contributed by atoms with Crippen molar-refractivity contribution in [2.45, 2.75) is 32.0 Å². The van der Waals surface area contributed by atoms with Gasteiger partial charge in [0.15, 0.2) is 5.78 Å². The van der Waals surface area contributed by atoms with Crippen LogP contribution in [0.25, 0.3) is 11.0 Å². The summed E-state index contributed by atoms with van der Waals surface area (Å²) in [5.74, 6) is -0.710. The normalized spacial score (nSPS) is 12.3. The molecule has 1 heterocycles. The van der Waals surface area contributed by atoms with E-state index in [1.807, 2.05) is 30.3 Å². The van der Waals surface area contributed by atoms with Crippen molar-refractivity contribution in [3.05, 3.63) is 95.3 Å². The minimum absolute atomic E-state index is 0.0290. The van der Waals surface area contributed by atoms with E-state index < -0.39 is 18.0 Å². The van der Waals surface area contributed by atoms with Gasteiger partial charge in [-0.3, -0.25) is 9.59 Å². The van der Waals surface area contributed by atoms with Crippen molar-refractivity contribution in [1.29, 1.82) is 0 Å². The number of nitrogens with one attached hydrogen (secondary N) is 2. The molecule has 6 nitrogen and oxygen atoms in total. The highest BCUT2D eigenvalue weighted by atomic mass is 19.4. The fraction of sp³-hybridized carbons (Fsp3) is 0.222. The molecule has 4 aromatic rings. The molecule has 0 aliphatic carbocycles. The van der Waals surface area contributed by atoms with E-state index in [1.165, 1.54) is 13.0 Å². The quantitative estimate of drug-likeness (QED) is 0.225. The molecule has 4 rings (SSSR count). The van der Waals surface area contributed by atoms with Crippen LogP contribution in [0, 0.1) is 0 Å². The Labute approximate surface area is 205 Å². The Hall–Kier alpha value is -4.14. The predicted octanol–water partition coefficient (Wildman–Crippen LogP) is 5.85. The lowest BCUT2D eigenvalue weighted by molar-refractivity contribution is -0.144. The van der Waals surface area contributed by atoms with Gasteiger partial charge in [-0.05, 0) is 60.9 Å². The van der Waals surface area contributed by atoms with Crippen molar-refractivity contribution in [2.75, 3.05) is 6.61 Å². The van der Waals surface area contributed by atoms with Crippen LogP contribution in [-0.4, -0.2) is 28.3 Å². The smallest absolute Gasteiger partial charge is 0.449 e. The number of aromatic amines is 1. The largest absolute Gasteiger partial charge is 0.494 e. The predicted molar refractivity (Wildman–Crippen MR) is 129 cm³/mol. The lowest BCUT2D eigenvalue weighted by atomic mass is 9.98. The van der Waals surface area contributed by atoms with Crippen LogP contribution in [0.15, 0.2) is 72.8 Å². The van der Waals surface area contributed by atoms with Crippen molar-refractivity contribution in [3.63, 3.8) is 0 Å². The van der Waals surface area contributed by atoms with E-state index in [2.05, 4.69) is 15.3 Å². The highest BCUT2D eigenvalue weighted by Gasteiger charge is 2.34. The van der Waals surface area contributed by atoms with Crippen LogP contribution in [0.5, 0.6) is 5.75 Å². The monoisotopic (exact) mass is 495 g/mol. The second-order valence-electron chi connectivity index (χ2n) is 8.30. The van der Waals surface area contributed by atoms with Gasteiger partial charge in [0, 0.05) is 12.0 Å². The van der Waals surface area contributed by atoms with Crippen LogP contribution in [0.3, 0.4) is 0 Å². The number of alkyl halides is 3. The van der Waals surface area contributed by atoms with E-state index >= 15 is 0 Å². The Morgan fingerprint density at radius 3 is 2.39 bits per heavy atom. The zero-order valence-corrected chi connectivity index (χ0v) is 19.4. The number of rotatable bonds is 9. The van der Waals surface area contributed by atoms with E-state index in [4.69, 9.17) is 4.74 Å². The number of ether oxygens (including phenoxy) is 1. The van der Waals surface area contributed by atoms with E-state index in [1.54, 1.807) is 36.4 Å². The number of hydrogen-bond donors (Lipinski definition) is 2. The van der Waals surface area contributed by atoms with Gasteiger partial charge in [-0.2, -0.15) is 13.2 Å². The molecule has 3 aromatic carbocycles. The van der Waals surface area contributed by atoms with Crippen molar-refractivity contribution in [2.24, 2.45) is 0 Å². The molecule has 0 radical (unpaired) electrons. The van der Waals surface area contributed by atoms with Gasteiger partial charge in [-0.25, -0.2) is 4.98 Å². The standard InChI is InChI=1S/C27H24F3N3O3/c1-17(34)18-9-12-21(13-10-18)36-15-5-8-24(35)33-25(19-6-3-2-4-7-19)20-11-14-22-23(16-20)32-26(31-22)27(28,29)30/h2-4,6-7,9-14,16,25H,5,8,15H2,1H3,(H,31,32)(H,33,35). The molecule has 0 fully saturated rings. The lowest BCUT2D eigenvalue weighted by Crippen LogP contribution is -2.29. The van der Waals surface area contributed by atoms with Gasteiger partial charge in [-0.1, -0.05) is 36.4 Å². The van der Waals surface area contributed by atoms with Gasteiger partial charge in [-0.15, -0.1) is 0 Å². The first-order valence-corrected chi connectivity index (χ1v) is 11.4. The summed E-state index contributed by atoms with van der Waals surface area (Å²) in [6.45, 7) is 1.80. The molecule has 2 N–H and O–H groups in total. The second-order valence-corrected chi connectivity index (χ2v) is 8.30. The number of amides is 1. The number of nitrogens with zero attached hydrogens (tertiary/aromatic N) is 1. The van der Waals surface area contributed by atoms with Gasteiger partial charge in [0.25, 0.3) is 0 Å². The number of fused-ring (bicyclic) bond motifs is 1. The summed E-state index contributed by atoms with van der Waals surface area (Å²) >= 11 is 0. The van der Waals surface area contributed by atoms with Crippen molar-refractivity contribution in [3.8, 4) is 5.75 Å². The number of H-pyrrole nitrogens is 1. The molecule has 0 bridgehead atoms. The number of ketones is 1. The SMILES string of the molecule is CC(=O)c1ccc(OCCCC(=O)NC(c2ccccc2)c2ccc3nc(C(F)(F)F)[nH]c3c2)cc1. The van der Waals surface area contributed by atoms with Crippen LogP contribution in [-0.2, 0) is 11.0 Å². The van der Waals surface area contributed by atoms with Gasteiger partial charge in [0.05, 0.1) is 23.7 Å². The number of imidazole rings is 1. The Morgan fingerprint density at radius 1 is 1.00 bits per heavy atom. The number of benzene rings is 3. The van der Waals surface area contributed by atoms with E-state index in [0.29, 0.717) is 29.9 Å². The summed E-state index contributed by atoms with van der Waals surface area (Å²) in [5, 5.41) is 2.98. The molecule has 1 aromatic heterocycles. The number of aromatic nitrogens is 2.